The van der Waals surface area contributed by atoms with E-state index in [0.29, 0.717) is 19.4 Å². The second kappa shape index (κ2) is 6.71. The van der Waals surface area contributed by atoms with E-state index < -0.39 is 30.6 Å². The van der Waals surface area contributed by atoms with Crippen molar-refractivity contribution in [1.82, 2.24) is 9.80 Å². The average molecular weight is 368 g/mol. The molecule has 1 fully saturated rings. The van der Waals surface area contributed by atoms with Gasteiger partial charge in [0.15, 0.2) is 12.5 Å². The zero-order valence-electron chi connectivity index (χ0n) is 14.3. The van der Waals surface area contributed by atoms with E-state index in [1.54, 1.807) is 30.3 Å². The normalized spacial score (nSPS) is 18.7. The number of hydrogen-bond donors (Lipinski definition) is 0. The molecule has 0 unspecified atom stereocenters. The van der Waals surface area contributed by atoms with E-state index in [1.165, 1.54) is 17.2 Å². The van der Waals surface area contributed by atoms with Gasteiger partial charge in [0, 0.05) is 6.54 Å². The lowest BCUT2D eigenvalue weighted by Crippen LogP contribution is -2.43. The summed E-state index contributed by atoms with van der Waals surface area (Å²) < 4.78 is 10.3. The number of benzene rings is 1. The van der Waals surface area contributed by atoms with Crippen molar-refractivity contribution < 1.29 is 28.3 Å². The predicted molar refractivity (Wildman–Crippen MR) is 90.7 cm³/mol. The van der Waals surface area contributed by atoms with Crippen LogP contribution in [0.2, 0.25) is 0 Å². The minimum atomic E-state index is -0.766. The van der Waals surface area contributed by atoms with Crippen LogP contribution in [0.5, 0.6) is 0 Å². The number of carbonyl (C=O) groups is 4. The van der Waals surface area contributed by atoms with Gasteiger partial charge in [-0.15, -0.1) is 0 Å². The van der Waals surface area contributed by atoms with Crippen molar-refractivity contribution in [3.05, 3.63) is 59.5 Å². The summed E-state index contributed by atoms with van der Waals surface area (Å²) in [6.07, 6.45) is 2.49. The Hall–Kier alpha value is -3.42. The first-order chi connectivity index (χ1) is 13.1. The third-order valence-electron chi connectivity index (χ3n) is 4.73. The number of hydrogen-bond acceptors (Lipinski definition) is 6. The fourth-order valence-electron chi connectivity index (χ4n) is 3.38. The van der Waals surface area contributed by atoms with Gasteiger partial charge in [0.25, 0.3) is 17.7 Å². The number of carbonyl (C=O) groups excluding carboxylic acids is 4. The maximum atomic E-state index is 12.5. The van der Waals surface area contributed by atoms with Crippen LogP contribution in [0.15, 0.2) is 47.1 Å². The van der Waals surface area contributed by atoms with Crippen molar-refractivity contribution in [3.8, 4) is 0 Å². The summed E-state index contributed by atoms with van der Waals surface area (Å²) >= 11 is 0. The molecule has 0 aliphatic carbocycles. The molecule has 0 radical (unpaired) electrons. The maximum absolute atomic E-state index is 12.5. The molecule has 27 heavy (non-hydrogen) atoms. The third-order valence-corrected chi connectivity index (χ3v) is 4.73. The Morgan fingerprint density at radius 3 is 2.41 bits per heavy atom. The highest BCUT2D eigenvalue weighted by molar-refractivity contribution is 6.21. The van der Waals surface area contributed by atoms with Gasteiger partial charge in [0.2, 0.25) is 0 Å². The molecule has 2 aromatic rings. The second-order valence-electron chi connectivity index (χ2n) is 6.31. The highest BCUT2D eigenvalue weighted by atomic mass is 16.5. The van der Waals surface area contributed by atoms with Crippen molar-refractivity contribution in [1.29, 1.82) is 0 Å². The molecule has 8 heteroatoms. The van der Waals surface area contributed by atoms with E-state index in [2.05, 4.69) is 0 Å². The Balaban J connectivity index is 1.42. The number of nitrogens with zero attached hydrogens (tertiary/aromatic N) is 2. The molecule has 1 atom stereocenters. The van der Waals surface area contributed by atoms with Crippen LogP contribution in [0, 0.1) is 0 Å². The number of likely N-dealkylation sites (tertiary alicyclic amines) is 1. The van der Waals surface area contributed by atoms with Gasteiger partial charge >= 0.3 is 5.97 Å². The van der Waals surface area contributed by atoms with Crippen molar-refractivity contribution >= 4 is 23.7 Å². The minimum Gasteiger partial charge on any atom is -0.459 e. The monoisotopic (exact) mass is 368 g/mol. The van der Waals surface area contributed by atoms with Crippen LogP contribution < -0.4 is 0 Å². The summed E-state index contributed by atoms with van der Waals surface area (Å²) in [6.45, 7) is -0.0726. The molecule has 8 nitrogen and oxygen atoms in total. The Kier molecular flexibility index (Phi) is 4.23. The van der Waals surface area contributed by atoms with Crippen LogP contribution in [0.3, 0.4) is 0 Å². The topological polar surface area (TPSA) is 97.1 Å². The molecule has 1 aromatic heterocycles. The molecule has 2 aliphatic heterocycles. The molecule has 2 aliphatic rings. The van der Waals surface area contributed by atoms with Crippen LogP contribution >= 0.6 is 0 Å². The third kappa shape index (κ3) is 2.88. The van der Waals surface area contributed by atoms with Gasteiger partial charge in [0.1, 0.15) is 6.04 Å². The average Bonchev–Trinajstić information content (AvgIpc) is 3.42. The molecule has 0 N–H and O–H groups in total. The van der Waals surface area contributed by atoms with Crippen LogP contribution in [0.1, 0.15) is 44.1 Å². The van der Waals surface area contributed by atoms with Crippen molar-refractivity contribution in [2.24, 2.45) is 0 Å². The van der Waals surface area contributed by atoms with Gasteiger partial charge in [0.05, 0.1) is 17.4 Å². The standard InChI is InChI=1S/C19H16N2O6/c22-16-12-5-1-2-6-13(12)17(23)21(16)11-27-19(25)14-7-3-9-20(14)18(24)15-8-4-10-26-15/h1-2,4-6,8,10,14H,3,7,9,11H2/t14-/m0/s1. The van der Waals surface area contributed by atoms with Crippen LogP contribution in [-0.2, 0) is 9.53 Å². The summed E-state index contributed by atoms with van der Waals surface area (Å²) in [6, 6.07) is 8.79. The molecule has 138 valence electrons. The molecule has 0 saturated carbocycles. The molecule has 0 spiro atoms. The first kappa shape index (κ1) is 17.0. The van der Waals surface area contributed by atoms with E-state index >= 15 is 0 Å². The lowest BCUT2D eigenvalue weighted by molar-refractivity contribution is -0.150. The molecule has 4 rings (SSSR count). The fourth-order valence-corrected chi connectivity index (χ4v) is 3.38. The summed E-state index contributed by atoms with van der Waals surface area (Å²) in [5.41, 5.74) is 0.572. The predicted octanol–water partition coefficient (Wildman–Crippen LogP) is 1.68. The van der Waals surface area contributed by atoms with Gasteiger partial charge in [-0.1, -0.05) is 12.1 Å². The van der Waals surface area contributed by atoms with Crippen LogP contribution in [0.25, 0.3) is 0 Å². The van der Waals surface area contributed by atoms with E-state index in [4.69, 9.17) is 9.15 Å². The van der Waals surface area contributed by atoms with Crippen LogP contribution in [0.4, 0.5) is 0 Å². The molecular weight excluding hydrogens is 352 g/mol. The first-order valence-corrected chi connectivity index (χ1v) is 8.54. The summed E-state index contributed by atoms with van der Waals surface area (Å²) in [7, 11) is 0. The summed E-state index contributed by atoms with van der Waals surface area (Å²) in [5.74, 6) is -1.89. The number of esters is 1. The Morgan fingerprint density at radius 2 is 1.78 bits per heavy atom. The number of rotatable bonds is 4. The SMILES string of the molecule is O=C(OCN1C(=O)c2ccccc2C1=O)[C@@H]1CCCN1C(=O)c1ccco1. The number of imide groups is 1. The Bertz CT molecular complexity index is 885. The lowest BCUT2D eigenvalue weighted by atomic mass is 10.1. The Morgan fingerprint density at radius 1 is 1.07 bits per heavy atom. The quantitative estimate of drug-likeness (QED) is 0.602. The van der Waals surface area contributed by atoms with Crippen LogP contribution in [-0.4, -0.2) is 52.8 Å². The van der Waals surface area contributed by atoms with Crippen molar-refractivity contribution in [2.75, 3.05) is 13.3 Å². The van der Waals surface area contributed by atoms with E-state index in [-0.39, 0.29) is 22.8 Å². The smallest absolute Gasteiger partial charge is 0.330 e. The van der Waals surface area contributed by atoms with Crippen molar-refractivity contribution in [3.63, 3.8) is 0 Å². The molecule has 3 heterocycles. The maximum Gasteiger partial charge on any atom is 0.330 e. The molecule has 1 saturated heterocycles. The van der Waals surface area contributed by atoms with E-state index in [0.717, 1.165) is 4.90 Å². The van der Waals surface area contributed by atoms with Gasteiger partial charge < -0.3 is 14.1 Å². The summed E-state index contributed by atoms with van der Waals surface area (Å²) in [5, 5.41) is 0. The Labute approximate surface area is 154 Å². The minimum absolute atomic E-state index is 0.148. The van der Waals surface area contributed by atoms with Gasteiger partial charge in [-0.3, -0.25) is 14.4 Å². The number of amides is 3. The number of furan rings is 1. The highest BCUT2D eigenvalue weighted by Gasteiger charge is 2.39. The number of fused-ring (bicyclic) bond motifs is 1. The van der Waals surface area contributed by atoms with Gasteiger partial charge in [-0.05, 0) is 37.1 Å². The largest absolute Gasteiger partial charge is 0.459 e. The first-order valence-electron chi connectivity index (χ1n) is 8.54. The van der Waals surface area contributed by atoms with E-state index in [9.17, 15) is 19.2 Å². The zero-order chi connectivity index (χ0) is 19.0. The van der Waals surface area contributed by atoms with E-state index in [1.807, 2.05) is 0 Å². The number of ether oxygens (including phenoxy) is 1. The lowest BCUT2D eigenvalue weighted by Gasteiger charge is -2.23. The van der Waals surface area contributed by atoms with Crippen molar-refractivity contribution in [2.45, 2.75) is 18.9 Å². The summed E-state index contributed by atoms with van der Waals surface area (Å²) in [4.78, 5) is 51.8. The molecular formula is C19H16N2O6. The fraction of sp³-hybridized carbons (Fsp3) is 0.263. The van der Waals surface area contributed by atoms with Gasteiger partial charge in [-0.2, -0.15) is 0 Å². The molecule has 1 aromatic carbocycles. The molecule has 0 bridgehead atoms. The molecule has 3 amide bonds. The second-order valence-corrected chi connectivity index (χ2v) is 6.31. The van der Waals surface area contributed by atoms with Gasteiger partial charge in [-0.25, -0.2) is 9.69 Å². The highest BCUT2D eigenvalue weighted by Crippen LogP contribution is 2.24. The zero-order valence-corrected chi connectivity index (χ0v) is 14.3.